The van der Waals surface area contributed by atoms with Gasteiger partial charge in [0.2, 0.25) is 0 Å². The Kier molecular flexibility index (Phi) is 3.58. The van der Waals surface area contributed by atoms with Crippen LogP contribution in [-0.2, 0) is 0 Å². The minimum Gasteiger partial charge on any atom is -0.337 e. The average molecular weight is 327 g/mol. The summed E-state index contributed by atoms with van der Waals surface area (Å²) in [6.07, 6.45) is 2.35. The van der Waals surface area contributed by atoms with Crippen molar-refractivity contribution in [1.29, 1.82) is 0 Å². The number of carbonyl (C=O) groups excluding carboxylic acids is 1. The summed E-state index contributed by atoms with van der Waals surface area (Å²) in [7, 11) is 0. The third-order valence-electron chi connectivity index (χ3n) is 4.07. The van der Waals surface area contributed by atoms with Crippen LogP contribution in [0.5, 0.6) is 0 Å². The summed E-state index contributed by atoms with van der Waals surface area (Å²) in [4.78, 5) is 14.3. The Morgan fingerprint density at radius 2 is 2.26 bits per heavy atom. The minimum absolute atomic E-state index is 0.0809. The van der Waals surface area contributed by atoms with Crippen molar-refractivity contribution in [2.24, 2.45) is 5.92 Å². The van der Waals surface area contributed by atoms with Gasteiger partial charge in [0.05, 0.1) is 10.0 Å². The molecule has 1 amide bonds. The Bertz CT molecular complexity index is 494. The van der Waals surface area contributed by atoms with Crippen molar-refractivity contribution in [2.75, 3.05) is 19.6 Å². The van der Waals surface area contributed by atoms with Crippen molar-refractivity contribution in [1.82, 2.24) is 10.2 Å². The van der Waals surface area contributed by atoms with Gasteiger partial charge in [0, 0.05) is 19.1 Å². The third kappa shape index (κ3) is 2.41. The number of hydrogen-bond donors (Lipinski definition) is 1. The molecule has 2 heterocycles. The van der Waals surface area contributed by atoms with Gasteiger partial charge in [0.1, 0.15) is 5.82 Å². The SMILES string of the molecule is O=C(c1cccc(F)c1Br)N1CC2CCCNC2C1. The molecule has 1 N–H and O–H groups in total. The molecule has 2 aliphatic heterocycles. The summed E-state index contributed by atoms with van der Waals surface area (Å²) in [5.41, 5.74) is 0.415. The summed E-state index contributed by atoms with van der Waals surface area (Å²) in [5.74, 6) is 0.0770. The van der Waals surface area contributed by atoms with Crippen molar-refractivity contribution >= 4 is 21.8 Å². The van der Waals surface area contributed by atoms with Gasteiger partial charge in [0.15, 0.2) is 0 Å². The molecule has 1 aromatic rings. The van der Waals surface area contributed by atoms with E-state index in [9.17, 15) is 9.18 Å². The first kappa shape index (κ1) is 13.1. The summed E-state index contributed by atoms with van der Waals surface area (Å²) in [6.45, 7) is 2.54. The van der Waals surface area contributed by atoms with Crippen LogP contribution in [-0.4, -0.2) is 36.5 Å². The Balaban J connectivity index is 1.79. The predicted molar refractivity (Wildman–Crippen MR) is 74.5 cm³/mol. The molecule has 5 heteroatoms. The molecule has 2 atom stereocenters. The zero-order valence-electron chi connectivity index (χ0n) is 10.5. The van der Waals surface area contributed by atoms with E-state index in [1.165, 1.54) is 18.9 Å². The predicted octanol–water partition coefficient (Wildman–Crippen LogP) is 2.41. The summed E-state index contributed by atoms with van der Waals surface area (Å²) in [5, 5.41) is 3.46. The number of hydrogen-bond acceptors (Lipinski definition) is 2. The van der Waals surface area contributed by atoms with E-state index in [0.717, 1.165) is 19.6 Å². The number of nitrogens with one attached hydrogen (secondary N) is 1. The van der Waals surface area contributed by atoms with Gasteiger partial charge >= 0.3 is 0 Å². The number of nitrogens with zero attached hydrogens (tertiary/aromatic N) is 1. The lowest BCUT2D eigenvalue weighted by molar-refractivity contribution is 0.0784. The maximum Gasteiger partial charge on any atom is 0.255 e. The molecule has 0 radical (unpaired) electrons. The Labute approximate surface area is 120 Å². The maximum absolute atomic E-state index is 13.5. The highest BCUT2D eigenvalue weighted by molar-refractivity contribution is 9.10. The van der Waals surface area contributed by atoms with Gasteiger partial charge in [-0.1, -0.05) is 6.07 Å². The van der Waals surface area contributed by atoms with E-state index in [0.29, 0.717) is 17.5 Å². The molecule has 2 fully saturated rings. The smallest absolute Gasteiger partial charge is 0.255 e. The van der Waals surface area contributed by atoms with Gasteiger partial charge < -0.3 is 10.2 Å². The molecule has 19 heavy (non-hydrogen) atoms. The van der Waals surface area contributed by atoms with E-state index in [1.807, 2.05) is 4.90 Å². The summed E-state index contributed by atoms with van der Waals surface area (Å²) < 4.78 is 13.8. The molecule has 0 aliphatic carbocycles. The minimum atomic E-state index is -0.388. The topological polar surface area (TPSA) is 32.3 Å². The zero-order chi connectivity index (χ0) is 13.4. The summed E-state index contributed by atoms with van der Waals surface area (Å²) in [6, 6.07) is 5.01. The molecule has 3 rings (SSSR count). The van der Waals surface area contributed by atoms with E-state index in [4.69, 9.17) is 0 Å². The van der Waals surface area contributed by atoms with Gasteiger partial charge in [-0.2, -0.15) is 0 Å². The van der Waals surface area contributed by atoms with Crippen LogP contribution >= 0.6 is 15.9 Å². The van der Waals surface area contributed by atoms with Crippen molar-refractivity contribution < 1.29 is 9.18 Å². The van der Waals surface area contributed by atoms with Gasteiger partial charge in [-0.05, 0) is 53.4 Å². The Hall–Kier alpha value is -0.940. The number of halogens is 2. The van der Waals surface area contributed by atoms with Crippen molar-refractivity contribution in [3.8, 4) is 0 Å². The van der Waals surface area contributed by atoms with Crippen LogP contribution in [0.4, 0.5) is 4.39 Å². The molecule has 0 bridgehead atoms. The van der Waals surface area contributed by atoms with Crippen LogP contribution in [0.1, 0.15) is 23.2 Å². The number of rotatable bonds is 1. The fraction of sp³-hybridized carbons (Fsp3) is 0.500. The van der Waals surface area contributed by atoms with Gasteiger partial charge in [-0.25, -0.2) is 4.39 Å². The number of fused-ring (bicyclic) bond motifs is 1. The summed E-state index contributed by atoms with van der Waals surface area (Å²) >= 11 is 3.17. The number of likely N-dealkylation sites (tertiary alicyclic amines) is 1. The van der Waals surface area contributed by atoms with Gasteiger partial charge in [0.25, 0.3) is 5.91 Å². The second kappa shape index (κ2) is 5.21. The van der Waals surface area contributed by atoms with E-state index >= 15 is 0 Å². The molecule has 2 saturated heterocycles. The van der Waals surface area contributed by atoms with Crippen LogP contribution in [0, 0.1) is 11.7 Å². The quantitative estimate of drug-likeness (QED) is 0.859. The molecular weight excluding hydrogens is 311 g/mol. The highest BCUT2D eigenvalue weighted by atomic mass is 79.9. The van der Waals surface area contributed by atoms with Gasteiger partial charge in [-0.3, -0.25) is 4.79 Å². The normalized spacial score (nSPS) is 26.3. The number of carbonyl (C=O) groups is 1. The molecule has 102 valence electrons. The lowest BCUT2D eigenvalue weighted by atomic mass is 9.94. The Morgan fingerprint density at radius 1 is 1.42 bits per heavy atom. The largest absolute Gasteiger partial charge is 0.337 e. The number of amides is 1. The van der Waals surface area contributed by atoms with Gasteiger partial charge in [-0.15, -0.1) is 0 Å². The highest BCUT2D eigenvalue weighted by Gasteiger charge is 2.37. The first-order valence-corrected chi connectivity index (χ1v) is 7.43. The molecule has 2 unspecified atom stereocenters. The maximum atomic E-state index is 13.5. The highest BCUT2D eigenvalue weighted by Crippen LogP contribution is 2.28. The zero-order valence-corrected chi connectivity index (χ0v) is 12.1. The molecule has 0 aromatic heterocycles. The molecule has 0 saturated carbocycles. The first-order valence-electron chi connectivity index (χ1n) is 6.63. The second-order valence-electron chi connectivity index (χ2n) is 5.27. The molecule has 1 aromatic carbocycles. The molecule has 2 aliphatic rings. The molecular formula is C14H16BrFN2O. The van der Waals surface area contributed by atoms with E-state index in [-0.39, 0.29) is 16.2 Å². The molecule has 3 nitrogen and oxygen atoms in total. The average Bonchev–Trinajstić information content (AvgIpc) is 2.85. The van der Waals surface area contributed by atoms with Crippen LogP contribution in [0.2, 0.25) is 0 Å². The van der Waals surface area contributed by atoms with Crippen LogP contribution in [0.15, 0.2) is 22.7 Å². The first-order chi connectivity index (χ1) is 9.16. The van der Waals surface area contributed by atoms with E-state index < -0.39 is 0 Å². The lowest BCUT2D eigenvalue weighted by Crippen LogP contribution is -2.41. The number of benzene rings is 1. The fourth-order valence-electron chi connectivity index (χ4n) is 3.05. The number of piperidine rings is 1. The van der Waals surface area contributed by atoms with Crippen molar-refractivity contribution in [2.45, 2.75) is 18.9 Å². The fourth-order valence-corrected chi connectivity index (χ4v) is 3.49. The Morgan fingerprint density at radius 3 is 3.05 bits per heavy atom. The van der Waals surface area contributed by atoms with Crippen LogP contribution in [0.3, 0.4) is 0 Å². The van der Waals surface area contributed by atoms with Crippen LogP contribution in [0.25, 0.3) is 0 Å². The monoisotopic (exact) mass is 326 g/mol. The van der Waals surface area contributed by atoms with Crippen molar-refractivity contribution in [3.05, 3.63) is 34.1 Å². The standard InChI is InChI=1S/C14H16BrFN2O/c15-13-10(4-1-5-11(13)16)14(19)18-7-9-3-2-6-17-12(9)8-18/h1,4-5,9,12,17H,2-3,6-8H2. The third-order valence-corrected chi connectivity index (χ3v) is 4.87. The lowest BCUT2D eigenvalue weighted by Gasteiger charge is -2.24. The van der Waals surface area contributed by atoms with Crippen LogP contribution < -0.4 is 5.32 Å². The second-order valence-corrected chi connectivity index (χ2v) is 6.07. The van der Waals surface area contributed by atoms with E-state index in [2.05, 4.69) is 21.2 Å². The van der Waals surface area contributed by atoms with Crippen molar-refractivity contribution in [3.63, 3.8) is 0 Å². The van der Waals surface area contributed by atoms with E-state index in [1.54, 1.807) is 12.1 Å². The molecule has 0 spiro atoms.